The Morgan fingerprint density at radius 2 is 2.42 bits per heavy atom. The highest BCUT2D eigenvalue weighted by Crippen LogP contribution is 2.16. The van der Waals surface area contributed by atoms with Gasteiger partial charge in [0.05, 0.1) is 6.67 Å². The average Bonchev–Trinajstić information content (AvgIpc) is 2.00. The zero-order chi connectivity index (χ0) is 9.61. The third kappa shape index (κ3) is 3.81. The minimum Gasteiger partial charge on any atom is -0.450 e. The van der Waals surface area contributed by atoms with Gasteiger partial charge < -0.3 is 9.84 Å². The molecule has 0 saturated heterocycles. The Morgan fingerprint density at radius 3 is 2.75 bits per heavy atom. The highest BCUT2D eigenvalue weighted by Gasteiger charge is 2.25. The molecule has 1 atom stereocenters. The first-order valence-corrected chi connectivity index (χ1v) is 3.50. The Kier molecular flexibility index (Phi) is 4.12. The number of carboxylic acid groups (broad SMARTS) is 1. The molecule has 0 bridgehead atoms. The van der Waals surface area contributed by atoms with Crippen LogP contribution in [0.4, 0.5) is 9.18 Å². The van der Waals surface area contributed by atoms with Gasteiger partial charge in [-0.15, -0.1) is 6.42 Å². The topological polar surface area (TPSA) is 46.5 Å². The van der Waals surface area contributed by atoms with Gasteiger partial charge in [-0.25, -0.2) is 4.79 Å². The second-order valence-electron chi connectivity index (χ2n) is 2.54. The maximum atomic E-state index is 11.7. The third-order valence-corrected chi connectivity index (χ3v) is 1.41. The number of carbonyl (C=O) groups is 1. The highest BCUT2D eigenvalue weighted by atomic mass is 19.1. The summed E-state index contributed by atoms with van der Waals surface area (Å²) in [6.45, 7) is 0.914. The zero-order valence-corrected chi connectivity index (χ0v) is 6.84. The molecule has 1 unspecified atom stereocenters. The van der Waals surface area contributed by atoms with Crippen LogP contribution in [0, 0.1) is 12.3 Å². The van der Waals surface area contributed by atoms with Gasteiger partial charge in [0.25, 0.3) is 0 Å². The molecule has 3 nitrogen and oxygen atoms in total. The van der Waals surface area contributed by atoms with E-state index in [0.29, 0.717) is 0 Å². The fraction of sp³-hybridized carbons (Fsp3) is 0.625. The van der Waals surface area contributed by atoms with E-state index in [0.717, 1.165) is 0 Å². The summed E-state index contributed by atoms with van der Waals surface area (Å²) in [6.07, 6.45) is 4.00. The maximum Gasteiger partial charge on any atom is 0.507 e. The molecule has 0 rings (SSSR count). The monoisotopic (exact) mass is 174 g/mol. The van der Waals surface area contributed by atoms with Crippen molar-refractivity contribution in [1.82, 2.24) is 0 Å². The predicted octanol–water partition coefficient (Wildman–Crippen LogP) is 1.82. The molecular weight excluding hydrogens is 163 g/mol. The summed E-state index contributed by atoms with van der Waals surface area (Å²) in [7, 11) is 0. The van der Waals surface area contributed by atoms with Crippen LogP contribution in [0.1, 0.15) is 19.8 Å². The first-order chi connectivity index (χ1) is 5.54. The summed E-state index contributed by atoms with van der Waals surface area (Å²) in [5.74, 6) is 2.17. The van der Waals surface area contributed by atoms with Crippen molar-refractivity contribution in [3.05, 3.63) is 0 Å². The molecule has 0 spiro atoms. The Labute approximate surface area is 70.5 Å². The van der Waals surface area contributed by atoms with Crippen LogP contribution in [-0.4, -0.2) is 23.5 Å². The first kappa shape index (κ1) is 10.8. The molecule has 0 aliphatic carbocycles. The second-order valence-corrected chi connectivity index (χ2v) is 2.54. The van der Waals surface area contributed by atoms with E-state index < -0.39 is 18.4 Å². The van der Waals surface area contributed by atoms with Gasteiger partial charge in [-0.3, -0.25) is 4.39 Å². The molecule has 4 heteroatoms. The molecule has 0 fully saturated rings. The largest absolute Gasteiger partial charge is 0.507 e. The minimum absolute atomic E-state index is 0.201. The molecule has 0 amide bonds. The van der Waals surface area contributed by atoms with Gasteiger partial charge in [-0.2, -0.15) is 0 Å². The van der Waals surface area contributed by atoms with Gasteiger partial charge in [-0.05, 0) is 13.3 Å². The van der Waals surface area contributed by atoms with Crippen LogP contribution in [0.15, 0.2) is 0 Å². The Balaban J connectivity index is 4.07. The van der Waals surface area contributed by atoms with Crippen molar-refractivity contribution in [2.75, 3.05) is 6.67 Å². The van der Waals surface area contributed by atoms with Gasteiger partial charge in [0.1, 0.15) is 0 Å². The molecule has 0 aromatic carbocycles. The van der Waals surface area contributed by atoms with Crippen LogP contribution in [0.25, 0.3) is 0 Å². The van der Waals surface area contributed by atoms with Crippen molar-refractivity contribution in [2.24, 2.45) is 0 Å². The fourth-order valence-corrected chi connectivity index (χ4v) is 0.750. The molecule has 0 aromatic rings. The van der Waals surface area contributed by atoms with Crippen LogP contribution in [0.2, 0.25) is 0 Å². The van der Waals surface area contributed by atoms with E-state index in [2.05, 4.69) is 10.7 Å². The molecule has 0 aromatic heterocycles. The van der Waals surface area contributed by atoms with Crippen molar-refractivity contribution in [1.29, 1.82) is 0 Å². The molecule has 0 heterocycles. The molecule has 68 valence electrons. The standard InChI is InChI=1S/C8H11FO3/c1-3-8(2,5-4-6-9)12-7(10)11/h1H,4-6H2,2H3,(H,10,11). The van der Waals surface area contributed by atoms with E-state index in [1.54, 1.807) is 0 Å². The Hall–Kier alpha value is -1.24. The summed E-state index contributed by atoms with van der Waals surface area (Å²) in [5, 5.41) is 8.27. The third-order valence-electron chi connectivity index (χ3n) is 1.41. The lowest BCUT2D eigenvalue weighted by molar-refractivity contribution is 0.0199. The van der Waals surface area contributed by atoms with Crippen molar-refractivity contribution in [3.63, 3.8) is 0 Å². The van der Waals surface area contributed by atoms with Gasteiger partial charge in [0.15, 0.2) is 5.60 Å². The number of ether oxygens (including phenoxy) is 1. The number of terminal acetylenes is 1. The van der Waals surface area contributed by atoms with Crippen LogP contribution >= 0.6 is 0 Å². The molecule has 0 radical (unpaired) electrons. The van der Waals surface area contributed by atoms with Gasteiger partial charge in [-0.1, -0.05) is 5.92 Å². The number of rotatable bonds is 4. The maximum absolute atomic E-state index is 11.7. The summed E-state index contributed by atoms with van der Waals surface area (Å²) in [5.41, 5.74) is -1.20. The smallest absolute Gasteiger partial charge is 0.450 e. The van der Waals surface area contributed by atoms with E-state index >= 15 is 0 Å². The molecule has 1 N–H and O–H groups in total. The van der Waals surface area contributed by atoms with Crippen molar-refractivity contribution < 1.29 is 19.0 Å². The van der Waals surface area contributed by atoms with Gasteiger partial charge in [0, 0.05) is 6.42 Å². The number of hydrogen-bond acceptors (Lipinski definition) is 2. The van der Waals surface area contributed by atoms with E-state index in [1.165, 1.54) is 6.92 Å². The van der Waals surface area contributed by atoms with Gasteiger partial charge >= 0.3 is 6.16 Å². The summed E-state index contributed by atoms with van der Waals surface area (Å²) in [4.78, 5) is 10.1. The molecular formula is C8H11FO3. The van der Waals surface area contributed by atoms with Crippen molar-refractivity contribution >= 4 is 6.16 Å². The number of hydrogen-bond donors (Lipinski definition) is 1. The average molecular weight is 174 g/mol. The molecule has 0 aliphatic heterocycles. The van der Waals surface area contributed by atoms with E-state index in [4.69, 9.17) is 11.5 Å². The van der Waals surface area contributed by atoms with Crippen LogP contribution < -0.4 is 0 Å². The number of halogens is 1. The Morgan fingerprint density at radius 1 is 1.83 bits per heavy atom. The summed E-state index contributed by atoms with van der Waals surface area (Å²) >= 11 is 0. The quantitative estimate of drug-likeness (QED) is 0.522. The first-order valence-electron chi connectivity index (χ1n) is 3.50. The van der Waals surface area contributed by atoms with Crippen LogP contribution in [-0.2, 0) is 4.74 Å². The second kappa shape index (κ2) is 4.60. The predicted molar refractivity (Wildman–Crippen MR) is 41.6 cm³/mol. The normalized spacial score (nSPS) is 14.4. The van der Waals surface area contributed by atoms with Crippen molar-refractivity contribution in [3.8, 4) is 12.3 Å². The molecule has 0 saturated carbocycles. The number of alkyl halides is 1. The van der Waals surface area contributed by atoms with E-state index in [1.807, 2.05) is 0 Å². The Bertz CT molecular complexity index is 197. The lowest BCUT2D eigenvalue weighted by Gasteiger charge is -2.20. The summed E-state index contributed by atoms with van der Waals surface area (Å²) < 4.78 is 16.1. The fourth-order valence-electron chi connectivity index (χ4n) is 0.750. The van der Waals surface area contributed by atoms with E-state index in [9.17, 15) is 9.18 Å². The molecule has 12 heavy (non-hydrogen) atoms. The van der Waals surface area contributed by atoms with Crippen LogP contribution in [0.3, 0.4) is 0 Å². The van der Waals surface area contributed by atoms with Crippen molar-refractivity contribution in [2.45, 2.75) is 25.4 Å². The van der Waals surface area contributed by atoms with Gasteiger partial charge in [0.2, 0.25) is 0 Å². The summed E-state index contributed by atoms with van der Waals surface area (Å²) in [6, 6.07) is 0. The van der Waals surface area contributed by atoms with Crippen LogP contribution in [0.5, 0.6) is 0 Å². The van der Waals surface area contributed by atoms with E-state index in [-0.39, 0.29) is 12.8 Å². The molecule has 0 aliphatic rings. The SMILES string of the molecule is C#CC(C)(CCCF)OC(=O)O. The lowest BCUT2D eigenvalue weighted by Crippen LogP contribution is -2.29. The minimum atomic E-state index is -1.44. The highest BCUT2D eigenvalue weighted by molar-refractivity contribution is 5.58. The zero-order valence-electron chi connectivity index (χ0n) is 6.84. The lowest BCUT2D eigenvalue weighted by atomic mass is 10.0.